The highest BCUT2D eigenvalue weighted by molar-refractivity contribution is 6.30. The molecule has 2 unspecified atom stereocenters. The Balaban J connectivity index is 1.64. The third-order valence-electron chi connectivity index (χ3n) is 5.49. The van der Waals surface area contributed by atoms with Gasteiger partial charge in [-0.25, -0.2) is 0 Å². The maximum absolute atomic E-state index is 12.6. The molecular formula is C25H28ClNO4. The summed E-state index contributed by atoms with van der Waals surface area (Å²) in [4.78, 5) is 15.8. The maximum Gasteiger partial charge on any atom is 0.314 e. The zero-order valence-corrected chi connectivity index (χ0v) is 18.6. The second-order valence-electron chi connectivity index (χ2n) is 7.69. The van der Waals surface area contributed by atoms with Crippen molar-refractivity contribution in [3.63, 3.8) is 0 Å². The van der Waals surface area contributed by atoms with Crippen molar-refractivity contribution in [1.29, 1.82) is 0 Å². The number of aliphatic hydroxyl groups excluding tert-OH is 1. The molecule has 0 aliphatic carbocycles. The van der Waals surface area contributed by atoms with Crippen LogP contribution in [0.4, 0.5) is 0 Å². The molecular weight excluding hydrogens is 414 g/mol. The number of esters is 1. The van der Waals surface area contributed by atoms with Gasteiger partial charge in [0.05, 0.1) is 12.0 Å². The first-order valence-electron chi connectivity index (χ1n) is 10.4. The van der Waals surface area contributed by atoms with E-state index in [-0.39, 0.29) is 13.2 Å². The summed E-state index contributed by atoms with van der Waals surface area (Å²) in [6.07, 6.45) is 1.88. The third-order valence-corrected chi connectivity index (χ3v) is 5.74. The number of ether oxygens (including phenoxy) is 2. The lowest BCUT2D eigenvalue weighted by molar-refractivity contribution is -0.163. The number of rotatable bonds is 10. The summed E-state index contributed by atoms with van der Waals surface area (Å²) < 4.78 is 11.1. The van der Waals surface area contributed by atoms with E-state index in [1.54, 1.807) is 13.8 Å². The Hall–Kier alpha value is -2.76. The fraction of sp³-hybridized carbons (Fsp3) is 0.320. The van der Waals surface area contributed by atoms with Gasteiger partial charge < -0.3 is 19.6 Å². The number of nitrogens with one attached hydrogen (secondary N) is 1. The highest BCUT2D eigenvalue weighted by Crippen LogP contribution is 2.31. The van der Waals surface area contributed by atoms with Gasteiger partial charge in [0.1, 0.15) is 18.5 Å². The number of carbonyl (C=O) groups excluding carboxylic acids is 1. The lowest BCUT2D eigenvalue weighted by atomic mass is 9.79. The van der Waals surface area contributed by atoms with Gasteiger partial charge in [-0.1, -0.05) is 35.9 Å². The van der Waals surface area contributed by atoms with Crippen LogP contribution < -0.4 is 4.74 Å². The summed E-state index contributed by atoms with van der Waals surface area (Å²) in [7, 11) is 0. The van der Waals surface area contributed by atoms with Crippen molar-refractivity contribution >= 4 is 17.6 Å². The van der Waals surface area contributed by atoms with Gasteiger partial charge in [-0.05, 0) is 74.2 Å². The van der Waals surface area contributed by atoms with Crippen molar-refractivity contribution in [3.8, 4) is 16.9 Å². The second kappa shape index (κ2) is 10.5. The van der Waals surface area contributed by atoms with E-state index in [0.29, 0.717) is 23.6 Å². The van der Waals surface area contributed by atoms with Crippen molar-refractivity contribution in [3.05, 3.63) is 77.6 Å². The molecule has 3 aromatic rings. The third kappa shape index (κ3) is 5.90. The Kier molecular flexibility index (Phi) is 7.77. The van der Waals surface area contributed by atoms with E-state index in [2.05, 4.69) is 4.98 Å². The van der Waals surface area contributed by atoms with Crippen LogP contribution in [0.2, 0.25) is 5.02 Å². The van der Waals surface area contributed by atoms with E-state index >= 15 is 0 Å². The summed E-state index contributed by atoms with van der Waals surface area (Å²) in [5.41, 5.74) is 2.01. The fourth-order valence-corrected chi connectivity index (χ4v) is 3.49. The van der Waals surface area contributed by atoms with Crippen LogP contribution in [0.3, 0.4) is 0 Å². The van der Waals surface area contributed by atoms with Crippen LogP contribution in [0.1, 0.15) is 26.0 Å². The molecule has 0 amide bonds. The van der Waals surface area contributed by atoms with Gasteiger partial charge in [0.25, 0.3) is 0 Å². The van der Waals surface area contributed by atoms with Crippen LogP contribution in [-0.4, -0.2) is 35.4 Å². The fourth-order valence-electron chi connectivity index (χ4n) is 3.36. The lowest BCUT2D eigenvalue weighted by Crippen LogP contribution is -2.44. The number of benzene rings is 2. The van der Waals surface area contributed by atoms with Gasteiger partial charge in [0, 0.05) is 16.9 Å². The van der Waals surface area contributed by atoms with Crippen molar-refractivity contribution in [2.75, 3.05) is 13.2 Å². The Morgan fingerprint density at radius 2 is 1.74 bits per heavy atom. The molecule has 2 atom stereocenters. The number of hydrogen-bond donors (Lipinski definition) is 2. The largest absolute Gasteiger partial charge is 0.491 e. The first kappa shape index (κ1) is 22.9. The Bertz CT molecular complexity index is 954. The standard InChI is InChI=1S/C25H28ClNO4/c1-3-30-24(29)25(2,15-14-21-5-4-16-27-21)23(28)17-31-22-12-8-19(9-13-22)18-6-10-20(26)11-7-18/h4-13,16,23,27-28H,3,14-15,17H2,1-2H3. The van der Waals surface area contributed by atoms with Crippen LogP contribution in [0.15, 0.2) is 66.9 Å². The molecule has 2 aromatic carbocycles. The van der Waals surface area contributed by atoms with E-state index in [9.17, 15) is 9.90 Å². The summed E-state index contributed by atoms with van der Waals surface area (Å²) >= 11 is 5.95. The number of hydrogen-bond acceptors (Lipinski definition) is 4. The summed E-state index contributed by atoms with van der Waals surface area (Å²) in [5, 5.41) is 11.6. The molecule has 5 nitrogen and oxygen atoms in total. The molecule has 0 bridgehead atoms. The molecule has 0 aliphatic heterocycles. The molecule has 1 aromatic heterocycles. The molecule has 1 heterocycles. The predicted molar refractivity (Wildman–Crippen MR) is 122 cm³/mol. The summed E-state index contributed by atoms with van der Waals surface area (Å²) in [6, 6.07) is 19.0. The van der Waals surface area contributed by atoms with Gasteiger partial charge in [-0.2, -0.15) is 0 Å². The van der Waals surface area contributed by atoms with Crippen LogP contribution in [0.5, 0.6) is 5.75 Å². The molecule has 2 N–H and O–H groups in total. The number of aryl methyl sites for hydroxylation is 1. The van der Waals surface area contributed by atoms with Gasteiger partial charge in [0.15, 0.2) is 0 Å². The molecule has 3 rings (SSSR count). The second-order valence-corrected chi connectivity index (χ2v) is 8.13. The molecule has 6 heteroatoms. The van der Waals surface area contributed by atoms with Crippen LogP contribution in [0.25, 0.3) is 11.1 Å². The van der Waals surface area contributed by atoms with Crippen LogP contribution in [-0.2, 0) is 16.0 Å². The highest BCUT2D eigenvalue weighted by Gasteiger charge is 2.42. The molecule has 0 saturated carbocycles. The van der Waals surface area contributed by atoms with Gasteiger partial charge in [-0.3, -0.25) is 4.79 Å². The highest BCUT2D eigenvalue weighted by atomic mass is 35.5. The van der Waals surface area contributed by atoms with E-state index in [1.165, 1.54) is 0 Å². The lowest BCUT2D eigenvalue weighted by Gasteiger charge is -2.32. The Labute approximate surface area is 188 Å². The van der Waals surface area contributed by atoms with Crippen molar-refractivity contribution in [2.45, 2.75) is 32.8 Å². The monoisotopic (exact) mass is 441 g/mol. The quantitative estimate of drug-likeness (QED) is 0.420. The minimum atomic E-state index is -1.08. The van der Waals surface area contributed by atoms with Gasteiger partial charge in [-0.15, -0.1) is 0 Å². The van der Waals surface area contributed by atoms with Crippen molar-refractivity contribution < 1.29 is 19.4 Å². The van der Waals surface area contributed by atoms with E-state index in [1.807, 2.05) is 66.9 Å². The van der Waals surface area contributed by atoms with E-state index < -0.39 is 17.5 Å². The van der Waals surface area contributed by atoms with Gasteiger partial charge in [0.2, 0.25) is 0 Å². The number of H-pyrrole nitrogens is 1. The van der Waals surface area contributed by atoms with Crippen molar-refractivity contribution in [1.82, 2.24) is 4.98 Å². The normalized spacial score (nSPS) is 13.9. The minimum Gasteiger partial charge on any atom is -0.491 e. The predicted octanol–water partition coefficient (Wildman–Crippen LogP) is 5.28. The van der Waals surface area contributed by atoms with E-state index in [4.69, 9.17) is 21.1 Å². The zero-order chi connectivity index (χ0) is 22.3. The Morgan fingerprint density at radius 3 is 2.32 bits per heavy atom. The zero-order valence-electron chi connectivity index (χ0n) is 17.8. The SMILES string of the molecule is CCOC(=O)C(C)(CCc1ccc[nH]1)C(O)COc1ccc(-c2ccc(Cl)cc2)cc1. The topological polar surface area (TPSA) is 71.6 Å². The summed E-state index contributed by atoms with van der Waals surface area (Å²) in [5.74, 6) is 0.197. The number of aliphatic hydroxyl groups is 1. The molecule has 0 saturated heterocycles. The van der Waals surface area contributed by atoms with Crippen molar-refractivity contribution in [2.24, 2.45) is 5.41 Å². The first-order chi connectivity index (χ1) is 14.9. The number of aromatic amines is 1. The average molecular weight is 442 g/mol. The molecule has 164 valence electrons. The summed E-state index contributed by atoms with van der Waals surface area (Å²) in [6.45, 7) is 3.73. The molecule has 0 fully saturated rings. The molecule has 0 radical (unpaired) electrons. The molecule has 0 spiro atoms. The number of halogens is 1. The number of carbonyl (C=O) groups is 1. The first-order valence-corrected chi connectivity index (χ1v) is 10.8. The molecule has 31 heavy (non-hydrogen) atoms. The van der Waals surface area contributed by atoms with Gasteiger partial charge >= 0.3 is 5.97 Å². The van der Waals surface area contributed by atoms with Crippen LogP contribution in [0, 0.1) is 5.41 Å². The average Bonchev–Trinajstić information content (AvgIpc) is 3.30. The van der Waals surface area contributed by atoms with Crippen LogP contribution >= 0.6 is 11.6 Å². The minimum absolute atomic E-state index is 0.0136. The smallest absolute Gasteiger partial charge is 0.314 e. The Morgan fingerprint density at radius 1 is 1.10 bits per heavy atom. The molecule has 0 aliphatic rings. The maximum atomic E-state index is 12.6. The number of aromatic nitrogens is 1. The van der Waals surface area contributed by atoms with E-state index in [0.717, 1.165) is 16.8 Å².